The lowest BCUT2D eigenvalue weighted by atomic mass is 10.0. The minimum atomic E-state index is 0.269. The molecular weight excluding hydrogens is 528 g/mol. The minimum absolute atomic E-state index is 0.269. The Morgan fingerprint density at radius 1 is 0.833 bits per heavy atom. The summed E-state index contributed by atoms with van der Waals surface area (Å²) in [5.74, 6) is 3.32. The van der Waals surface area contributed by atoms with Gasteiger partial charge in [0.05, 0.1) is 6.33 Å². The molecule has 2 aromatic carbocycles. The molecule has 0 aliphatic carbocycles. The van der Waals surface area contributed by atoms with Gasteiger partial charge in [-0.15, -0.1) is 0 Å². The average Bonchev–Trinajstić information content (AvgIpc) is 3.66. The van der Waals surface area contributed by atoms with Gasteiger partial charge < -0.3 is 24.3 Å². The molecule has 10 nitrogen and oxygen atoms in total. The lowest BCUT2D eigenvalue weighted by molar-refractivity contribution is 0.174. The standard InChI is InChI=1S/C32H40N8O2/c1-23(2)40-21-33-29-30(34-26-10-12-37(13-11-26)19-24-6-4-3-5-7-24)35-32(36-31(29)40)39-16-14-38(15-17-39)20-25-8-9-27-28(18-25)42-22-41-27/h3-9,18,21,23,26H,10-17,19-20,22H2,1-2H3,(H,34,35,36). The summed E-state index contributed by atoms with van der Waals surface area (Å²) >= 11 is 0. The Labute approximate surface area is 247 Å². The zero-order valence-corrected chi connectivity index (χ0v) is 24.6. The van der Waals surface area contributed by atoms with Crippen LogP contribution in [0.1, 0.15) is 43.9 Å². The Morgan fingerprint density at radius 3 is 2.36 bits per heavy atom. The number of aromatic nitrogens is 4. The van der Waals surface area contributed by atoms with Crippen LogP contribution in [0, 0.1) is 0 Å². The van der Waals surface area contributed by atoms with Crippen molar-refractivity contribution in [2.24, 2.45) is 0 Å². The second-order valence-electron chi connectivity index (χ2n) is 11.9. The van der Waals surface area contributed by atoms with E-state index in [9.17, 15) is 0 Å². The van der Waals surface area contributed by atoms with Gasteiger partial charge in [-0.1, -0.05) is 36.4 Å². The monoisotopic (exact) mass is 568 g/mol. The van der Waals surface area contributed by atoms with Crippen molar-refractivity contribution in [1.29, 1.82) is 0 Å². The van der Waals surface area contributed by atoms with Crippen molar-refractivity contribution in [3.63, 3.8) is 0 Å². The lowest BCUT2D eigenvalue weighted by Gasteiger charge is -2.35. The van der Waals surface area contributed by atoms with Crippen LogP contribution in [0.25, 0.3) is 11.2 Å². The third-order valence-corrected chi connectivity index (χ3v) is 8.64. The molecule has 0 unspecified atom stereocenters. The minimum Gasteiger partial charge on any atom is -0.454 e. The fourth-order valence-corrected chi connectivity index (χ4v) is 6.20. The average molecular weight is 569 g/mol. The van der Waals surface area contributed by atoms with Gasteiger partial charge in [0, 0.05) is 64.4 Å². The van der Waals surface area contributed by atoms with E-state index in [4.69, 9.17) is 24.4 Å². The predicted molar refractivity (Wildman–Crippen MR) is 164 cm³/mol. The van der Waals surface area contributed by atoms with Crippen LogP contribution in [0.2, 0.25) is 0 Å². The molecule has 7 rings (SSSR count). The van der Waals surface area contributed by atoms with E-state index >= 15 is 0 Å². The van der Waals surface area contributed by atoms with Gasteiger partial charge >= 0.3 is 0 Å². The Bertz CT molecular complexity index is 1510. The number of piperidine rings is 1. The number of imidazole rings is 1. The number of nitrogens with zero attached hydrogens (tertiary/aromatic N) is 7. The summed E-state index contributed by atoms with van der Waals surface area (Å²) in [5, 5.41) is 3.79. The molecule has 1 N–H and O–H groups in total. The van der Waals surface area contributed by atoms with Crippen molar-refractivity contribution >= 4 is 22.9 Å². The molecule has 0 atom stereocenters. The highest BCUT2D eigenvalue weighted by Crippen LogP contribution is 2.33. The van der Waals surface area contributed by atoms with Gasteiger partial charge in [-0.3, -0.25) is 9.80 Å². The summed E-state index contributed by atoms with van der Waals surface area (Å²) in [6.07, 6.45) is 4.07. The molecule has 0 spiro atoms. The second kappa shape index (κ2) is 11.8. The lowest BCUT2D eigenvalue weighted by Crippen LogP contribution is -2.46. The first-order valence-electron chi connectivity index (χ1n) is 15.2. The number of hydrogen-bond donors (Lipinski definition) is 1. The van der Waals surface area contributed by atoms with Crippen LogP contribution in [-0.4, -0.2) is 81.4 Å². The van der Waals surface area contributed by atoms with Crippen LogP contribution in [0.15, 0.2) is 54.9 Å². The highest BCUT2D eigenvalue weighted by atomic mass is 16.7. The van der Waals surface area contributed by atoms with Crippen LogP contribution < -0.4 is 19.7 Å². The van der Waals surface area contributed by atoms with Crippen LogP contribution in [0.5, 0.6) is 11.5 Å². The van der Waals surface area contributed by atoms with Gasteiger partial charge in [0.1, 0.15) is 0 Å². The first kappa shape index (κ1) is 27.0. The molecule has 3 aliphatic rings. The molecule has 10 heteroatoms. The number of anilines is 2. The van der Waals surface area contributed by atoms with Gasteiger partial charge in [0.2, 0.25) is 12.7 Å². The smallest absolute Gasteiger partial charge is 0.231 e. The van der Waals surface area contributed by atoms with E-state index in [1.807, 2.05) is 12.4 Å². The molecule has 0 radical (unpaired) electrons. The van der Waals surface area contributed by atoms with Gasteiger partial charge in [0.25, 0.3) is 0 Å². The summed E-state index contributed by atoms with van der Waals surface area (Å²) in [6, 6.07) is 17.6. The Kier molecular flexibility index (Phi) is 7.56. The van der Waals surface area contributed by atoms with Crippen LogP contribution in [-0.2, 0) is 13.1 Å². The summed E-state index contributed by atoms with van der Waals surface area (Å²) < 4.78 is 13.2. The van der Waals surface area contributed by atoms with E-state index in [2.05, 4.69) is 80.9 Å². The Balaban J connectivity index is 1.03. The van der Waals surface area contributed by atoms with Crippen molar-refractivity contribution < 1.29 is 9.47 Å². The first-order valence-corrected chi connectivity index (χ1v) is 15.2. The van der Waals surface area contributed by atoms with Crippen LogP contribution in [0.3, 0.4) is 0 Å². The normalized spacial score (nSPS) is 18.3. The number of piperazine rings is 1. The SMILES string of the molecule is CC(C)n1cnc2c(NC3CCN(Cc4ccccc4)CC3)nc(N3CCN(Cc4ccc5c(c4)OCO5)CC3)nc21. The van der Waals surface area contributed by atoms with Crippen molar-refractivity contribution in [3.8, 4) is 11.5 Å². The Morgan fingerprint density at radius 2 is 1.57 bits per heavy atom. The predicted octanol–water partition coefficient (Wildman–Crippen LogP) is 4.53. The molecule has 3 aliphatic heterocycles. The van der Waals surface area contributed by atoms with Gasteiger partial charge in [0.15, 0.2) is 28.5 Å². The summed E-state index contributed by atoms with van der Waals surface area (Å²) in [4.78, 5) is 22.3. The van der Waals surface area contributed by atoms with E-state index in [-0.39, 0.29) is 6.04 Å². The van der Waals surface area contributed by atoms with Crippen LogP contribution >= 0.6 is 0 Å². The summed E-state index contributed by atoms with van der Waals surface area (Å²) in [6.45, 7) is 12.3. The molecule has 4 aromatic rings. The highest BCUT2D eigenvalue weighted by Gasteiger charge is 2.25. The number of nitrogens with one attached hydrogen (secondary N) is 1. The maximum atomic E-state index is 5.57. The zero-order valence-electron chi connectivity index (χ0n) is 24.6. The fourth-order valence-electron chi connectivity index (χ4n) is 6.20. The molecule has 5 heterocycles. The van der Waals surface area contributed by atoms with E-state index in [0.29, 0.717) is 12.8 Å². The zero-order chi connectivity index (χ0) is 28.5. The van der Waals surface area contributed by atoms with Crippen molar-refractivity contribution in [2.75, 3.05) is 56.3 Å². The molecule has 220 valence electrons. The number of rotatable bonds is 8. The topological polar surface area (TPSA) is 83.8 Å². The molecule has 0 bridgehead atoms. The van der Waals surface area contributed by atoms with Gasteiger partial charge in [-0.25, -0.2) is 4.98 Å². The molecule has 2 saturated heterocycles. The van der Waals surface area contributed by atoms with Gasteiger partial charge in [-0.05, 0) is 49.9 Å². The maximum absolute atomic E-state index is 5.57. The van der Waals surface area contributed by atoms with Crippen molar-refractivity contribution in [1.82, 2.24) is 29.3 Å². The molecule has 2 aromatic heterocycles. The fraction of sp³-hybridized carbons (Fsp3) is 0.469. The molecule has 2 fully saturated rings. The second-order valence-corrected chi connectivity index (χ2v) is 11.9. The molecule has 0 amide bonds. The molecule has 42 heavy (non-hydrogen) atoms. The molecular formula is C32H40N8O2. The van der Waals surface area contributed by atoms with Gasteiger partial charge in [-0.2, -0.15) is 9.97 Å². The third kappa shape index (κ3) is 5.73. The van der Waals surface area contributed by atoms with E-state index in [1.165, 1.54) is 11.1 Å². The number of benzene rings is 2. The largest absolute Gasteiger partial charge is 0.454 e. The number of likely N-dealkylation sites (tertiary alicyclic amines) is 1. The highest BCUT2D eigenvalue weighted by molar-refractivity contribution is 5.84. The summed E-state index contributed by atoms with van der Waals surface area (Å²) in [7, 11) is 0. The van der Waals surface area contributed by atoms with E-state index < -0.39 is 0 Å². The number of ether oxygens (including phenoxy) is 2. The molecule has 0 saturated carbocycles. The van der Waals surface area contributed by atoms with Crippen molar-refractivity contribution in [2.45, 2.75) is 51.9 Å². The number of hydrogen-bond acceptors (Lipinski definition) is 9. The van der Waals surface area contributed by atoms with E-state index in [0.717, 1.165) is 99.6 Å². The summed E-state index contributed by atoms with van der Waals surface area (Å²) in [5.41, 5.74) is 4.39. The Hall–Kier alpha value is -3.89. The third-order valence-electron chi connectivity index (χ3n) is 8.64. The number of fused-ring (bicyclic) bond motifs is 2. The quantitative estimate of drug-likeness (QED) is 0.330. The van der Waals surface area contributed by atoms with Crippen LogP contribution in [0.4, 0.5) is 11.8 Å². The van der Waals surface area contributed by atoms with E-state index in [1.54, 1.807) is 0 Å². The van der Waals surface area contributed by atoms with Crippen molar-refractivity contribution in [3.05, 3.63) is 66.0 Å². The first-order chi connectivity index (χ1) is 20.6. The maximum Gasteiger partial charge on any atom is 0.231 e.